The molecule has 0 aliphatic carbocycles. The fraction of sp³-hybridized carbons (Fsp3) is 0.385. The lowest BCUT2D eigenvalue weighted by Crippen LogP contribution is -2.10. The highest BCUT2D eigenvalue weighted by atomic mass is 35.5. The number of rotatable bonds is 5. The molecule has 7 heteroatoms. The normalized spacial score (nSPS) is 10.8. The molecule has 20 heavy (non-hydrogen) atoms. The Morgan fingerprint density at radius 2 is 2.05 bits per heavy atom. The molecule has 0 amide bonds. The topological polar surface area (TPSA) is 71.5 Å². The van der Waals surface area contributed by atoms with Crippen molar-refractivity contribution < 1.29 is 0 Å². The van der Waals surface area contributed by atoms with Gasteiger partial charge in [0.2, 0.25) is 0 Å². The number of hydrogen-bond donors (Lipinski definition) is 1. The highest BCUT2D eigenvalue weighted by Gasteiger charge is 2.07. The Labute approximate surface area is 126 Å². The van der Waals surface area contributed by atoms with Gasteiger partial charge in [-0.25, -0.2) is 15.0 Å². The number of nitrogens with zero attached hydrogens (tertiary/aromatic N) is 3. The Kier molecular flexibility index (Phi) is 5.14. The maximum absolute atomic E-state index is 11.6. The van der Waals surface area contributed by atoms with Crippen molar-refractivity contribution in [1.29, 1.82) is 0 Å². The van der Waals surface area contributed by atoms with E-state index >= 15 is 0 Å². The molecule has 106 valence electrons. The summed E-state index contributed by atoms with van der Waals surface area (Å²) in [7, 11) is 0. The van der Waals surface area contributed by atoms with Gasteiger partial charge in [-0.3, -0.25) is 4.79 Å². The minimum atomic E-state index is -0.151. The minimum Gasteiger partial charge on any atom is -0.301 e. The van der Waals surface area contributed by atoms with Crippen LogP contribution in [0.3, 0.4) is 0 Å². The van der Waals surface area contributed by atoms with Crippen molar-refractivity contribution >= 4 is 23.4 Å². The largest absolute Gasteiger partial charge is 0.301 e. The third kappa shape index (κ3) is 4.05. The van der Waals surface area contributed by atoms with Gasteiger partial charge in [0.05, 0.1) is 0 Å². The fourth-order valence-corrected chi connectivity index (χ4v) is 2.77. The summed E-state index contributed by atoms with van der Waals surface area (Å²) in [6, 6.07) is 3.19. The van der Waals surface area contributed by atoms with Gasteiger partial charge in [0.1, 0.15) is 16.0 Å². The first-order chi connectivity index (χ1) is 9.60. The van der Waals surface area contributed by atoms with Gasteiger partial charge in [-0.15, -0.1) is 0 Å². The summed E-state index contributed by atoms with van der Waals surface area (Å²) in [5, 5.41) is 1.60. The summed E-state index contributed by atoms with van der Waals surface area (Å²) in [5.74, 6) is 0.673. The van der Waals surface area contributed by atoms with Crippen LogP contribution >= 0.6 is 23.4 Å². The third-order valence-corrected chi connectivity index (χ3v) is 3.51. The van der Waals surface area contributed by atoms with Gasteiger partial charge in [-0.2, -0.15) is 0 Å². The number of halogens is 1. The molecule has 0 saturated heterocycles. The highest BCUT2D eigenvalue weighted by molar-refractivity contribution is 7.99. The van der Waals surface area contributed by atoms with E-state index in [1.807, 2.05) is 13.8 Å². The molecule has 0 aromatic carbocycles. The Morgan fingerprint density at radius 3 is 2.75 bits per heavy atom. The van der Waals surface area contributed by atoms with Gasteiger partial charge in [-0.1, -0.05) is 31.9 Å². The van der Waals surface area contributed by atoms with Crippen LogP contribution in [0.4, 0.5) is 0 Å². The highest BCUT2D eigenvalue weighted by Crippen LogP contribution is 2.24. The molecule has 0 aliphatic rings. The lowest BCUT2D eigenvalue weighted by atomic mass is 10.2. The molecule has 2 rings (SSSR count). The van der Waals surface area contributed by atoms with E-state index in [2.05, 4.69) is 19.9 Å². The number of H-pyrrole nitrogens is 1. The number of aromatic nitrogens is 4. The average Bonchev–Trinajstić information content (AvgIpc) is 2.37. The summed E-state index contributed by atoms with van der Waals surface area (Å²) in [6.07, 6.45) is 2.43. The molecule has 2 heterocycles. The molecular formula is C13H15ClN4OS. The van der Waals surface area contributed by atoms with Crippen LogP contribution in [-0.4, -0.2) is 19.9 Å². The van der Waals surface area contributed by atoms with Gasteiger partial charge in [-0.05, 0) is 18.2 Å². The van der Waals surface area contributed by atoms with Gasteiger partial charge in [0, 0.05) is 24.2 Å². The second-order valence-corrected chi connectivity index (χ2v) is 5.59. The number of nitrogens with one attached hydrogen (secondary N) is 1. The summed E-state index contributed by atoms with van der Waals surface area (Å²) in [6.45, 7) is 4.01. The van der Waals surface area contributed by atoms with E-state index in [0.717, 1.165) is 18.5 Å². The van der Waals surface area contributed by atoms with Crippen molar-refractivity contribution in [1.82, 2.24) is 19.9 Å². The van der Waals surface area contributed by atoms with Crippen molar-refractivity contribution in [3.63, 3.8) is 0 Å². The second kappa shape index (κ2) is 6.85. The van der Waals surface area contributed by atoms with E-state index in [-0.39, 0.29) is 5.56 Å². The summed E-state index contributed by atoms with van der Waals surface area (Å²) < 4.78 is 0. The molecule has 0 unspecified atom stereocenters. The Bertz CT molecular complexity index is 659. The van der Waals surface area contributed by atoms with E-state index in [0.29, 0.717) is 27.6 Å². The predicted octanol–water partition coefficient (Wildman–Crippen LogP) is 2.88. The second-order valence-electron chi connectivity index (χ2n) is 4.19. The van der Waals surface area contributed by atoms with Crippen molar-refractivity contribution in [3.05, 3.63) is 39.2 Å². The standard InChI is InChI=1S/C13H15ClN4OS/c1-3-5-8-6-11(19)18-13(15-8)20-12-7-9(14)16-10(4-2)17-12/h6-7H,3-5H2,1-2H3,(H,15,18,19). The van der Waals surface area contributed by atoms with Gasteiger partial charge in [0.25, 0.3) is 5.56 Å². The van der Waals surface area contributed by atoms with Crippen LogP contribution in [0.5, 0.6) is 0 Å². The van der Waals surface area contributed by atoms with Crippen LogP contribution in [-0.2, 0) is 12.8 Å². The molecule has 1 N–H and O–H groups in total. The molecule has 0 atom stereocenters. The van der Waals surface area contributed by atoms with Gasteiger partial charge in [0.15, 0.2) is 5.16 Å². The molecule has 2 aromatic rings. The fourth-order valence-electron chi connectivity index (χ4n) is 1.67. The number of aryl methyl sites for hydroxylation is 2. The maximum atomic E-state index is 11.6. The molecule has 0 spiro atoms. The number of hydrogen-bond acceptors (Lipinski definition) is 5. The van der Waals surface area contributed by atoms with Crippen LogP contribution in [0, 0.1) is 0 Å². The lowest BCUT2D eigenvalue weighted by Gasteiger charge is -2.04. The minimum absolute atomic E-state index is 0.151. The molecule has 0 radical (unpaired) electrons. The van der Waals surface area contributed by atoms with Crippen molar-refractivity contribution in [2.24, 2.45) is 0 Å². The molecule has 5 nitrogen and oxygen atoms in total. The van der Waals surface area contributed by atoms with E-state index in [1.54, 1.807) is 6.07 Å². The van der Waals surface area contributed by atoms with Crippen molar-refractivity contribution in [2.45, 2.75) is 43.3 Å². The molecule has 0 saturated carbocycles. The van der Waals surface area contributed by atoms with Gasteiger partial charge >= 0.3 is 0 Å². The molecule has 2 aromatic heterocycles. The molecule has 0 aliphatic heterocycles. The Hall–Kier alpha value is -1.40. The first-order valence-corrected chi connectivity index (χ1v) is 7.61. The smallest absolute Gasteiger partial charge is 0.251 e. The molecule has 0 fully saturated rings. The maximum Gasteiger partial charge on any atom is 0.251 e. The third-order valence-electron chi connectivity index (χ3n) is 2.51. The van der Waals surface area contributed by atoms with E-state index < -0.39 is 0 Å². The van der Waals surface area contributed by atoms with Crippen LogP contribution in [0.1, 0.15) is 31.8 Å². The zero-order valence-corrected chi connectivity index (χ0v) is 12.9. The zero-order valence-electron chi connectivity index (χ0n) is 11.3. The van der Waals surface area contributed by atoms with Crippen LogP contribution in [0.15, 0.2) is 27.1 Å². The van der Waals surface area contributed by atoms with E-state index in [9.17, 15) is 4.79 Å². The monoisotopic (exact) mass is 310 g/mol. The average molecular weight is 311 g/mol. The first-order valence-electron chi connectivity index (χ1n) is 6.42. The van der Waals surface area contributed by atoms with E-state index in [1.165, 1.54) is 17.8 Å². The summed E-state index contributed by atoms with van der Waals surface area (Å²) in [4.78, 5) is 27.2. The lowest BCUT2D eigenvalue weighted by molar-refractivity contribution is 0.813. The Balaban J connectivity index is 2.29. The predicted molar refractivity (Wildman–Crippen MR) is 79.4 cm³/mol. The summed E-state index contributed by atoms with van der Waals surface area (Å²) >= 11 is 7.23. The van der Waals surface area contributed by atoms with Crippen LogP contribution < -0.4 is 5.56 Å². The van der Waals surface area contributed by atoms with Crippen molar-refractivity contribution in [3.8, 4) is 0 Å². The molecule has 0 bridgehead atoms. The van der Waals surface area contributed by atoms with Crippen LogP contribution in [0.25, 0.3) is 0 Å². The first kappa shape index (κ1) is 15.0. The SMILES string of the molecule is CCCc1cc(=O)[nH]c(Sc2cc(Cl)nc(CC)n2)n1. The van der Waals surface area contributed by atoms with Crippen LogP contribution in [0.2, 0.25) is 5.15 Å². The Morgan fingerprint density at radius 1 is 1.25 bits per heavy atom. The quantitative estimate of drug-likeness (QED) is 0.679. The zero-order chi connectivity index (χ0) is 14.5. The van der Waals surface area contributed by atoms with E-state index in [4.69, 9.17) is 11.6 Å². The summed E-state index contributed by atoms with van der Waals surface area (Å²) in [5.41, 5.74) is 0.636. The van der Waals surface area contributed by atoms with Gasteiger partial charge < -0.3 is 4.98 Å². The molecular weight excluding hydrogens is 296 g/mol. The number of aromatic amines is 1. The van der Waals surface area contributed by atoms with Crippen molar-refractivity contribution in [2.75, 3.05) is 0 Å².